The molecule has 3 aromatic rings. The SMILES string of the molecule is O=C(CC1C(=O)Nc2nc3ccccc3n21)Nc1ccc(Cl)cc1. The molecule has 2 N–H and O–H groups in total. The van der Waals surface area contributed by atoms with Gasteiger partial charge in [0.1, 0.15) is 6.04 Å². The van der Waals surface area contributed by atoms with Crippen molar-refractivity contribution < 1.29 is 9.59 Å². The van der Waals surface area contributed by atoms with Crippen LogP contribution in [0.4, 0.5) is 11.6 Å². The van der Waals surface area contributed by atoms with Gasteiger partial charge in [-0.2, -0.15) is 0 Å². The third kappa shape index (κ3) is 2.51. The van der Waals surface area contributed by atoms with Crippen molar-refractivity contribution in [1.82, 2.24) is 9.55 Å². The van der Waals surface area contributed by atoms with Gasteiger partial charge in [-0.25, -0.2) is 4.98 Å². The molecule has 1 aliphatic heterocycles. The smallest absolute Gasteiger partial charge is 0.250 e. The Bertz CT molecular complexity index is 949. The third-order valence-corrected chi connectivity index (χ3v) is 4.20. The highest BCUT2D eigenvalue weighted by atomic mass is 35.5. The van der Waals surface area contributed by atoms with E-state index in [1.165, 1.54) is 0 Å². The molecule has 1 unspecified atom stereocenters. The maximum absolute atomic E-state index is 12.3. The second-order valence-corrected chi connectivity index (χ2v) is 5.99. The molecule has 1 atom stereocenters. The highest BCUT2D eigenvalue weighted by Crippen LogP contribution is 2.32. The Morgan fingerprint density at radius 3 is 2.75 bits per heavy atom. The molecule has 2 aromatic carbocycles. The van der Waals surface area contributed by atoms with Crippen molar-refractivity contribution >= 4 is 46.1 Å². The van der Waals surface area contributed by atoms with E-state index in [0.29, 0.717) is 16.7 Å². The Kier molecular flexibility index (Phi) is 3.46. The molecule has 1 aliphatic rings. The van der Waals surface area contributed by atoms with Crippen LogP contribution in [0.5, 0.6) is 0 Å². The fourth-order valence-corrected chi connectivity index (χ4v) is 2.99. The summed E-state index contributed by atoms with van der Waals surface area (Å²) in [7, 11) is 0. The number of fused-ring (bicyclic) bond motifs is 3. The zero-order valence-electron chi connectivity index (χ0n) is 12.5. The lowest BCUT2D eigenvalue weighted by Gasteiger charge is -2.12. The normalized spacial score (nSPS) is 16.0. The van der Waals surface area contributed by atoms with E-state index in [9.17, 15) is 9.59 Å². The van der Waals surface area contributed by atoms with Gasteiger partial charge in [0.25, 0.3) is 0 Å². The third-order valence-electron chi connectivity index (χ3n) is 3.95. The minimum atomic E-state index is -0.611. The Morgan fingerprint density at radius 2 is 1.96 bits per heavy atom. The standard InChI is InChI=1S/C17H13ClN4O2/c18-10-5-7-11(8-6-10)19-15(23)9-14-16(24)21-17-20-12-3-1-2-4-13(12)22(14)17/h1-8,14H,9H2,(H,19,23)(H,20,21,24). The number of benzene rings is 2. The summed E-state index contributed by atoms with van der Waals surface area (Å²) < 4.78 is 1.78. The molecule has 2 heterocycles. The summed E-state index contributed by atoms with van der Waals surface area (Å²) >= 11 is 5.83. The Hall–Kier alpha value is -2.86. The van der Waals surface area contributed by atoms with E-state index in [1.54, 1.807) is 28.8 Å². The number of hydrogen-bond acceptors (Lipinski definition) is 3. The molecule has 1 aromatic heterocycles. The van der Waals surface area contributed by atoms with Crippen LogP contribution in [0.1, 0.15) is 12.5 Å². The number of amides is 2. The van der Waals surface area contributed by atoms with Crippen LogP contribution in [-0.2, 0) is 9.59 Å². The number of anilines is 2. The van der Waals surface area contributed by atoms with Gasteiger partial charge < -0.3 is 5.32 Å². The lowest BCUT2D eigenvalue weighted by atomic mass is 10.1. The number of nitrogens with zero attached hydrogens (tertiary/aromatic N) is 2. The van der Waals surface area contributed by atoms with Gasteiger partial charge in [-0.05, 0) is 36.4 Å². The summed E-state index contributed by atoms with van der Waals surface area (Å²) in [5, 5.41) is 6.10. The van der Waals surface area contributed by atoms with Gasteiger partial charge in [0.05, 0.1) is 17.5 Å². The van der Waals surface area contributed by atoms with E-state index < -0.39 is 6.04 Å². The monoisotopic (exact) mass is 340 g/mol. The first-order valence-corrected chi connectivity index (χ1v) is 7.83. The molecule has 0 saturated heterocycles. The summed E-state index contributed by atoms with van der Waals surface area (Å²) in [5.41, 5.74) is 2.25. The molecule has 0 bridgehead atoms. The van der Waals surface area contributed by atoms with Crippen LogP contribution < -0.4 is 10.6 Å². The van der Waals surface area contributed by atoms with Crippen molar-refractivity contribution in [1.29, 1.82) is 0 Å². The first kappa shape index (κ1) is 14.7. The summed E-state index contributed by atoms with van der Waals surface area (Å²) in [6, 6.07) is 13.7. The highest BCUT2D eigenvalue weighted by Gasteiger charge is 2.34. The fraction of sp³-hybridized carbons (Fsp3) is 0.118. The second-order valence-electron chi connectivity index (χ2n) is 5.56. The van der Waals surface area contributed by atoms with Crippen molar-refractivity contribution in [3.8, 4) is 0 Å². The molecule has 0 spiro atoms. The number of carbonyl (C=O) groups excluding carboxylic acids is 2. The molecule has 24 heavy (non-hydrogen) atoms. The van der Waals surface area contributed by atoms with Crippen molar-refractivity contribution in [2.24, 2.45) is 0 Å². The van der Waals surface area contributed by atoms with Crippen LogP contribution >= 0.6 is 11.6 Å². The first-order chi connectivity index (χ1) is 11.6. The van der Waals surface area contributed by atoms with E-state index in [2.05, 4.69) is 15.6 Å². The quantitative estimate of drug-likeness (QED) is 0.768. The molecule has 7 heteroatoms. The summed E-state index contributed by atoms with van der Waals surface area (Å²) in [6.07, 6.45) is 0.0296. The van der Waals surface area contributed by atoms with Crippen molar-refractivity contribution in [2.45, 2.75) is 12.5 Å². The summed E-state index contributed by atoms with van der Waals surface area (Å²) in [6.45, 7) is 0. The molecular weight excluding hydrogens is 328 g/mol. The van der Waals surface area contributed by atoms with Crippen LogP contribution in [-0.4, -0.2) is 21.4 Å². The first-order valence-electron chi connectivity index (χ1n) is 7.45. The average molecular weight is 341 g/mol. The molecular formula is C17H13ClN4O2. The molecule has 2 amide bonds. The number of aromatic nitrogens is 2. The molecule has 0 aliphatic carbocycles. The van der Waals surface area contributed by atoms with Gasteiger partial charge in [0, 0.05) is 10.7 Å². The molecule has 0 fully saturated rings. The number of carbonyl (C=O) groups is 2. The fourth-order valence-electron chi connectivity index (χ4n) is 2.86. The maximum atomic E-state index is 12.3. The number of hydrogen-bond donors (Lipinski definition) is 2. The van der Waals surface area contributed by atoms with Gasteiger partial charge in [-0.15, -0.1) is 0 Å². The van der Waals surface area contributed by atoms with E-state index in [0.717, 1.165) is 11.0 Å². The van der Waals surface area contributed by atoms with Gasteiger partial charge in [0.15, 0.2) is 0 Å². The van der Waals surface area contributed by atoms with Gasteiger partial charge in [-0.3, -0.25) is 19.5 Å². The summed E-state index contributed by atoms with van der Waals surface area (Å²) in [5.74, 6) is 0.00288. The number of halogens is 1. The van der Waals surface area contributed by atoms with Crippen molar-refractivity contribution in [2.75, 3.05) is 10.6 Å². The van der Waals surface area contributed by atoms with Gasteiger partial charge >= 0.3 is 0 Å². The number of para-hydroxylation sites is 2. The van der Waals surface area contributed by atoms with Crippen LogP contribution in [0, 0.1) is 0 Å². The summed E-state index contributed by atoms with van der Waals surface area (Å²) in [4.78, 5) is 28.9. The average Bonchev–Trinajstić information content (AvgIpc) is 3.06. The van der Waals surface area contributed by atoms with E-state index in [4.69, 9.17) is 11.6 Å². The number of nitrogens with one attached hydrogen (secondary N) is 2. The zero-order chi connectivity index (χ0) is 16.7. The van der Waals surface area contributed by atoms with E-state index in [-0.39, 0.29) is 18.2 Å². The van der Waals surface area contributed by atoms with Gasteiger partial charge in [0.2, 0.25) is 17.8 Å². The number of rotatable bonds is 3. The molecule has 6 nitrogen and oxygen atoms in total. The predicted molar refractivity (Wildman–Crippen MR) is 92.1 cm³/mol. The molecule has 0 saturated carbocycles. The molecule has 0 radical (unpaired) electrons. The lowest BCUT2D eigenvalue weighted by molar-refractivity contribution is -0.123. The Labute approximate surface area is 142 Å². The Balaban J connectivity index is 1.58. The minimum absolute atomic E-state index is 0.0296. The lowest BCUT2D eigenvalue weighted by Crippen LogP contribution is -2.23. The molecule has 4 rings (SSSR count). The van der Waals surface area contributed by atoms with Crippen LogP contribution in [0.25, 0.3) is 11.0 Å². The molecule has 120 valence electrons. The van der Waals surface area contributed by atoms with Crippen LogP contribution in [0.15, 0.2) is 48.5 Å². The second kappa shape index (κ2) is 5.65. The zero-order valence-corrected chi connectivity index (χ0v) is 13.2. The van der Waals surface area contributed by atoms with Gasteiger partial charge in [-0.1, -0.05) is 23.7 Å². The van der Waals surface area contributed by atoms with E-state index in [1.807, 2.05) is 24.3 Å². The predicted octanol–water partition coefficient (Wildman–Crippen LogP) is 3.21. The highest BCUT2D eigenvalue weighted by molar-refractivity contribution is 6.30. The maximum Gasteiger partial charge on any atom is 0.250 e. The van der Waals surface area contributed by atoms with Crippen LogP contribution in [0.3, 0.4) is 0 Å². The minimum Gasteiger partial charge on any atom is -0.326 e. The topological polar surface area (TPSA) is 76.0 Å². The Morgan fingerprint density at radius 1 is 1.21 bits per heavy atom. The van der Waals surface area contributed by atoms with Crippen LogP contribution in [0.2, 0.25) is 5.02 Å². The van der Waals surface area contributed by atoms with Crippen molar-refractivity contribution in [3.63, 3.8) is 0 Å². The van der Waals surface area contributed by atoms with Crippen molar-refractivity contribution in [3.05, 3.63) is 53.6 Å². The largest absolute Gasteiger partial charge is 0.326 e. The number of imidazole rings is 1. The van der Waals surface area contributed by atoms with E-state index >= 15 is 0 Å².